The van der Waals surface area contributed by atoms with E-state index < -0.39 is 0 Å². The first-order chi connectivity index (χ1) is 12.5. The third-order valence-electron chi connectivity index (χ3n) is 4.90. The Morgan fingerprint density at radius 2 is 1.96 bits per heavy atom. The molecule has 0 spiro atoms. The largest absolute Gasteiger partial charge is 0.358 e. The zero-order chi connectivity index (χ0) is 18.5. The first-order valence-electron chi connectivity index (χ1n) is 9.04. The predicted molar refractivity (Wildman–Crippen MR) is 106 cm³/mol. The number of carbonyl (C=O) groups excluding carboxylic acids is 1. The highest BCUT2D eigenvalue weighted by atomic mass is 35.5. The van der Waals surface area contributed by atoms with Crippen LogP contribution in [0.15, 0.2) is 48.5 Å². The van der Waals surface area contributed by atoms with E-state index in [4.69, 9.17) is 11.6 Å². The van der Waals surface area contributed by atoms with Crippen molar-refractivity contribution in [2.45, 2.75) is 38.5 Å². The maximum atomic E-state index is 12.3. The average Bonchev–Trinajstić information content (AvgIpc) is 3.02. The van der Waals surface area contributed by atoms with E-state index in [1.807, 2.05) is 18.2 Å². The van der Waals surface area contributed by atoms with E-state index in [1.54, 1.807) is 7.05 Å². The quantitative estimate of drug-likeness (QED) is 0.820. The zero-order valence-corrected chi connectivity index (χ0v) is 16.1. The van der Waals surface area contributed by atoms with E-state index in [1.165, 1.54) is 11.1 Å². The van der Waals surface area contributed by atoms with Crippen molar-refractivity contribution in [2.24, 2.45) is 0 Å². The number of amides is 1. The first-order valence-corrected chi connectivity index (χ1v) is 9.42. The molecule has 2 aromatic carbocycles. The van der Waals surface area contributed by atoms with Crippen LogP contribution in [0.2, 0.25) is 5.02 Å². The van der Waals surface area contributed by atoms with Gasteiger partial charge in [0.1, 0.15) is 0 Å². The van der Waals surface area contributed by atoms with Crippen molar-refractivity contribution in [3.63, 3.8) is 0 Å². The van der Waals surface area contributed by atoms with E-state index in [0.717, 1.165) is 36.6 Å². The lowest BCUT2D eigenvalue weighted by molar-refractivity contribution is -0.125. The maximum absolute atomic E-state index is 12.3. The van der Waals surface area contributed by atoms with Gasteiger partial charge in [0.25, 0.3) is 0 Å². The van der Waals surface area contributed by atoms with Gasteiger partial charge in [0.15, 0.2) is 0 Å². The number of benzene rings is 2. The molecule has 1 heterocycles. The number of carbonyl (C=O) groups is 1. The lowest BCUT2D eigenvalue weighted by Crippen LogP contribution is -2.41. The molecular formula is C21H26ClN3O. The fraction of sp³-hybridized carbons (Fsp3) is 0.381. The van der Waals surface area contributed by atoms with E-state index in [-0.39, 0.29) is 18.0 Å². The second kappa shape index (κ2) is 8.67. The molecule has 4 nitrogen and oxygen atoms in total. The molecule has 1 aliphatic heterocycles. The Bertz CT molecular complexity index is 764. The molecule has 0 unspecified atom stereocenters. The van der Waals surface area contributed by atoms with Crippen molar-refractivity contribution in [3.05, 3.63) is 70.2 Å². The van der Waals surface area contributed by atoms with Crippen LogP contribution in [0.5, 0.6) is 0 Å². The van der Waals surface area contributed by atoms with Crippen LogP contribution in [0.3, 0.4) is 0 Å². The van der Waals surface area contributed by atoms with Crippen LogP contribution in [0.4, 0.5) is 0 Å². The summed E-state index contributed by atoms with van der Waals surface area (Å²) in [4.78, 5) is 14.6. The van der Waals surface area contributed by atoms with E-state index in [2.05, 4.69) is 52.8 Å². The standard InChI is InChI=1S/C21H26ClN3O/c1-15-5-3-6-16(9-15)12-24-19-11-20(21(26)23-2)25(14-19)13-17-7-4-8-18(22)10-17/h3-10,19-20,24H,11-14H2,1-2H3,(H,23,26)/t19-,20+/m1/s1. The van der Waals surface area contributed by atoms with Gasteiger partial charge < -0.3 is 10.6 Å². The molecule has 2 atom stereocenters. The van der Waals surface area contributed by atoms with Gasteiger partial charge >= 0.3 is 0 Å². The molecule has 2 aromatic rings. The Morgan fingerprint density at radius 1 is 1.19 bits per heavy atom. The minimum absolute atomic E-state index is 0.0758. The smallest absolute Gasteiger partial charge is 0.237 e. The van der Waals surface area contributed by atoms with Crippen LogP contribution < -0.4 is 10.6 Å². The number of halogens is 1. The Balaban J connectivity index is 1.65. The maximum Gasteiger partial charge on any atom is 0.237 e. The second-order valence-corrected chi connectivity index (χ2v) is 7.43. The van der Waals surface area contributed by atoms with E-state index >= 15 is 0 Å². The molecule has 2 N–H and O–H groups in total. The average molecular weight is 372 g/mol. The van der Waals surface area contributed by atoms with Crippen molar-refractivity contribution in [1.29, 1.82) is 0 Å². The molecule has 0 radical (unpaired) electrons. The molecular weight excluding hydrogens is 346 g/mol. The summed E-state index contributed by atoms with van der Waals surface area (Å²) < 4.78 is 0. The summed E-state index contributed by atoms with van der Waals surface area (Å²) >= 11 is 6.11. The zero-order valence-electron chi connectivity index (χ0n) is 15.3. The number of hydrogen-bond acceptors (Lipinski definition) is 3. The highest BCUT2D eigenvalue weighted by Gasteiger charge is 2.36. The van der Waals surface area contributed by atoms with Gasteiger partial charge in [0, 0.05) is 37.7 Å². The molecule has 0 saturated carbocycles. The molecule has 1 aliphatic rings. The normalized spacial score (nSPS) is 20.3. The van der Waals surface area contributed by atoms with Gasteiger partial charge in [0.05, 0.1) is 6.04 Å². The molecule has 26 heavy (non-hydrogen) atoms. The van der Waals surface area contributed by atoms with Gasteiger partial charge in [-0.25, -0.2) is 0 Å². The van der Waals surface area contributed by atoms with Gasteiger partial charge in [0.2, 0.25) is 5.91 Å². The third-order valence-corrected chi connectivity index (χ3v) is 5.14. The van der Waals surface area contributed by atoms with Crippen molar-refractivity contribution in [1.82, 2.24) is 15.5 Å². The number of hydrogen-bond donors (Lipinski definition) is 2. The molecule has 0 bridgehead atoms. The SMILES string of the molecule is CNC(=O)[C@@H]1C[C@@H](NCc2cccc(C)c2)CN1Cc1cccc(Cl)c1. The van der Waals surface area contributed by atoms with Gasteiger partial charge in [-0.2, -0.15) is 0 Å². The number of likely N-dealkylation sites (N-methyl/N-ethyl adjacent to an activating group) is 1. The minimum Gasteiger partial charge on any atom is -0.358 e. The number of nitrogens with one attached hydrogen (secondary N) is 2. The summed E-state index contributed by atoms with van der Waals surface area (Å²) in [7, 11) is 1.70. The molecule has 1 fully saturated rings. The summed E-state index contributed by atoms with van der Waals surface area (Å²) in [6.07, 6.45) is 0.812. The summed E-state index contributed by atoms with van der Waals surface area (Å²) in [5.41, 5.74) is 3.67. The first kappa shape index (κ1) is 18.9. The van der Waals surface area contributed by atoms with Gasteiger partial charge in [-0.3, -0.25) is 9.69 Å². The number of nitrogens with zero attached hydrogens (tertiary/aromatic N) is 1. The highest BCUT2D eigenvalue weighted by Crippen LogP contribution is 2.22. The fourth-order valence-corrected chi connectivity index (χ4v) is 3.83. The van der Waals surface area contributed by atoms with Crippen molar-refractivity contribution in [3.8, 4) is 0 Å². The molecule has 138 valence electrons. The van der Waals surface area contributed by atoms with Crippen molar-refractivity contribution < 1.29 is 4.79 Å². The summed E-state index contributed by atoms with van der Waals surface area (Å²) in [6.45, 7) is 4.49. The topological polar surface area (TPSA) is 44.4 Å². The lowest BCUT2D eigenvalue weighted by atomic mass is 10.1. The second-order valence-electron chi connectivity index (χ2n) is 6.99. The highest BCUT2D eigenvalue weighted by molar-refractivity contribution is 6.30. The minimum atomic E-state index is -0.117. The predicted octanol–water partition coefficient (Wildman–Crippen LogP) is 3.13. The lowest BCUT2D eigenvalue weighted by Gasteiger charge is -2.23. The molecule has 0 aromatic heterocycles. The van der Waals surface area contributed by atoms with Crippen molar-refractivity contribution >= 4 is 17.5 Å². The molecule has 3 rings (SSSR count). The Morgan fingerprint density at radius 3 is 2.69 bits per heavy atom. The Labute approximate surface area is 160 Å². The molecule has 0 aliphatic carbocycles. The summed E-state index contributed by atoms with van der Waals surface area (Å²) in [5, 5.41) is 7.14. The molecule has 1 amide bonds. The van der Waals surface area contributed by atoms with Crippen molar-refractivity contribution in [2.75, 3.05) is 13.6 Å². The van der Waals surface area contributed by atoms with E-state index in [9.17, 15) is 4.79 Å². The van der Waals surface area contributed by atoms with Crippen LogP contribution >= 0.6 is 11.6 Å². The van der Waals surface area contributed by atoms with Crippen LogP contribution in [0, 0.1) is 6.92 Å². The number of likely N-dealkylation sites (tertiary alicyclic amines) is 1. The fourth-order valence-electron chi connectivity index (χ4n) is 3.62. The molecule has 1 saturated heterocycles. The Hall–Kier alpha value is -1.88. The monoisotopic (exact) mass is 371 g/mol. The van der Waals surface area contributed by atoms with Gasteiger partial charge in [-0.1, -0.05) is 53.6 Å². The number of aryl methyl sites for hydroxylation is 1. The van der Waals surface area contributed by atoms with E-state index in [0.29, 0.717) is 0 Å². The summed E-state index contributed by atoms with van der Waals surface area (Å²) in [5.74, 6) is 0.0758. The van der Waals surface area contributed by atoms with Crippen LogP contribution in [-0.2, 0) is 17.9 Å². The molecule has 5 heteroatoms. The van der Waals surface area contributed by atoms with Gasteiger partial charge in [-0.15, -0.1) is 0 Å². The van der Waals surface area contributed by atoms with Gasteiger partial charge in [-0.05, 0) is 36.6 Å². The van der Waals surface area contributed by atoms with Crippen LogP contribution in [0.25, 0.3) is 0 Å². The summed E-state index contributed by atoms with van der Waals surface area (Å²) in [6, 6.07) is 16.5. The number of rotatable bonds is 6. The third kappa shape index (κ3) is 4.85. The van der Waals surface area contributed by atoms with Crippen LogP contribution in [-0.4, -0.2) is 36.5 Å². The van der Waals surface area contributed by atoms with Crippen LogP contribution in [0.1, 0.15) is 23.1 Å². The Kier molecular flexibility index (Phi) is 6.30.